The fourth-order valence-electron chi connectivity index (χ4n) is 1.57. The average molecular weight is 171 g/mol. The molecular weight excluding hydrogens is 146 g/mol. The second kappa shape index (κ2) is 7.60. The van der Waals surface area contributed by atoms with E-state index in [-0.39, 0.29) is 0 Å². The topological polar surface area (TPSA) is 3.24 Å². The molecule has 0 bridgehead atoms. The lowest BCUT2D eigenvalue weighted by atomic mass is 10.0. The summed E-state index contributed by atoms with van der Waals surface area (Å²) in [5, 5.41) is 0. The number of rotatable bonds is 7. The van der Waals surface area contributed by atoms with Gasteiger partial charge >= 0.3 is 0 Å². The predicted molar refractivity (Wildman–Crippen MR) is 56.5 cm³/mol. The number of hydrogen-bond donors (Lipinski definition) is 0. The Hall–Kier alpha value is -0.0400. The van der Waals surface area contributed by atoms with Crippen LogP contribution in [0.1, 0.15) is 46.5 Å². The maximum absolute atomic E-state index is 2.44. The van der Waals surface area contributed by atoms with E-state index in [1.165, 1.54) is 38.8 Å². The molecule has 74 valence electrons. The molecule has 0 aromatic rings. The van der Waals surface area contributed by atoms with Gasteiger partial charge in [0.1, 0.15) is 0 Å². The Morgan fingerprint density at radius 1 is 1.00 bits per heavy atom. The minimum absolute atomic E-state index is 0.911. The lowest BCUT2D eigenvalue weighted by Crippen LogP contribution is -2.21. The molecule has 1 nitrogen and oxygen atoms in total. The molecule has 0 spiro atoms. The van der Waals surface area contributed by atoms with Crippen molar-refractivity contribution in [1.82, 2.24) is 4.90 Å². The van der Waals surface area contributed by atoms with Crippen LogP contribution in [0.3, 0.4) is 0 Å². The Labute approximate surface area is 78.1 Å². The smallest absolute Gasteiger partial charge is 0.00193 e. The highest BCUT2D eigenvalue weighted by Crippen LogP contribution is 2.09. The molecule has 0 saturated carbocycles. The third-order valence-electron chi connectivity index (χ3n) is 2.39. The van der Waals surface area contributed by atoms with Gasteiger partial charge in [0.25, 0.3) is 0 Å². The molecule has 0 aliphatic carbocycles. The predicted octanol–water partition coefficient (Wildman–Crippen LogP) is 3.15. The maximum Gasteiger partial charge on any atom is -0.00193 e. The summed E-state index contributed by atoms with van der Waals surface area (Å²) >= 11 is 0. The van der Waals surface area contributed by atoms with Crippen molar-refractivity contribution in [2.75, 3.05) is 20.1 Å². The van der Waals surface area contributed by atoms with Gasteiger partial charge in [0.05, 0.1) is 0 Å². The van der Waals surface area contributed by atoms with Gasteiger partial charge in [-0.25, -0.2) is 0 Å². The zero-order valence-corrected chi connectivity index (χ0v) is 9.27. The monoisotopic (exact) mass is 171 g/mol. The van der Waals surface area contributed by atoms with Crippen molar-refractivity contribution in [3.05, 3.63) is 0 Å². The van der Waals surface area contributed by atoms with Gasteiger partial charge in [-0.15, -0.1) is 0 Å². The molecule has 1 unspecified atom stereocenters. The minimum Gasteiger partial charge on any atom is -0.306 e. The summed E-state index contributed by atoms with van der Waals surface area (Å²) in [6.07, 6.45) is 5.36. The summed E-state index contributed by atoms with van der Waals surface area (Å²) in [6.45, 7) is 9.40. The van der Waals surface area contributed by atoms with Crippen molar-refractivity contribution < 1.29 is 0 Å². The SMILES string of the molecule is CCCC(C)CCN(C)CCC. The molecule has 0 aliphatic rings. The van der Waals surface area contributed by atoms with E-state index in [1.54, 1.807) is 0 Å². The molecule has 0 fully saturated rings. The first-order valence-electron chi connectivity index (χ1n) is 5.39. The Morgan fingerprint density at radius 3 is 2.17 bits per heavy atom. The Kier molecular flexibility index (Phi) is 7.58. The first-order chi connectivity index (χ1) is 5.70. The van der Waals surface area contributed by atoms with Crippen LogP contribution < -0.4 is 0 Å². The zero-order valence-electron chi connectivity index (χ0n) is 9.27. The van der Waals surface area contributed by atoms with Gasteiger partial charge in [-0.1, -0.05) is 33.6 Å². The van der Waals surface area contributed by atoms with E-state index in [9.17, 15) is 0 Å². The molecule has 0 amide bonds. The molecule has 0 aromatic carbocycles. The normalized spacial score (nSPS) is 13.8. The van der Waals surface area contributed by atoms with Crippen LogP contribution in [0, 0.1) is 5.92 Å². The van der Waals surface area contributed by atoms with Gasteiger partial charge in [0.15, 0.2) is 0 Å². The summed E-state index contributed by atoms with van der Waals surface area (Å²) in [4.78, 5) is 2.44. The summed E-state index contributed by atoms with van der Waals surface area (Å²) < 4.78 is 0. The molecule has 0 N–H and O–H groups in total. The van der Waals surface area contributed by atoms with Crippen LogP contribution in [0.5, 0.6) is 0 Å². The molecule has 0 aliphatic heterocycles. The quantitative estimate of drug-likeness (QED) is 0.569. The van der Waals surface area contributed by atoms with E-state index in [1.807, 2.05) is 0 Å². The average Bonchev–Trinajstić information content (AvgIpc) is 2.02. The van der Waals surface area contributed by atoms with E-state index < -0.39 is 0 Å². The van der Waals surface area contributed by atoms with Gasteiger partial charge in [-0.3, -0.25) is 0 Å². The number of nitrogens with zero attached hydrogens (tertiary/aromatic N) is 1. The van der Waals surface area contributed by atoms with E-state index in [0.717, 1.165) is 5.92 Å². The van der Waals surface area contributed by atoms with Crippen LogP contribution in [0.25, 0.3) is 0 Å². The van der Waals surface area contributed by atoms with E-state index in [0.29, 0.717) is 0 Å². The molecule has 12 heavy (non-hydrogen) atoms. The molecule has 0 radical (unpaired) electrons. The van der Waals surface area contributed by atoms with Crippen molar-refractivity contribution in [1.29, 1.82) is 0 Å². The fourth-order valence-corrected chi connectivity index (χ4v) is 1.57. The molecule has 1 heteroatoms. The molecular formula is C11H25N. The zero-order chi connectivity index (χ0) is 9.40. The van der Waals surface area contributed by atoms with Crippen LogP contribution in [-0.2, 0) is 0 Å². The lowest BCUT2D eigenvalue weighted by Gasteiger charge is -2.18. The highest BCUT2D eigenvalue weighted by atomic mass is 15.1. The van der Waals surface area contributed by atoms with Gasteiger partial charge in [-0.05, 0) is 38.9 Å². The molecule has 0 heterocycles. The van der Waals surface area contributed by atoms with Crippen molar-refractivity contribution >= 4 is 0 Å². The Balaban J connectivity index is 3.27. The summed E-state index contributed by atoms with van der Waals surface area (Å²) in [5.41, 5.74) is 0. The highest BCUT2D eigenvalue weighted by molar-refractivity contribution is 4.56. The van der Waals surface area contributed by atoms with Crippen LogP contribution in [0.4, 0.5) is 0 Å². The largest absolute Gasteiger partial charge is 0.306 e. The highest BCUT2D eigenvalue weighted by Gasteiger charge is 2.02. The van der Waals surface area contributed by atoms with Crippen molar-refractivity contribution in [3.8, 4) is 0 Å². The van der Waals surface area contributed by atoms with E-state index >= 15 is 0 Å². The molecule has 0 saturated heterocycles. The summed E-state index contributed by atoms with van der Waals surface area (Å²) in [6, 6.07) is 0. The van der Waals surface area contributed by atoms with Crippen LogP contribution >= 0.6 is 0 Å². The third kappa shape index (κ3) is 6.66. The fraction of sp³-hybridized carbons (Fsp3) is 1.00. The van der Waals surface area contributed by atoms with Gasteiger partial charge in [-0.2, -0.15) is 0 Å². The second-order valence-corrected chi connectivity index (χ2v) is 3.99. The first kappa shape index (κ1) is 12.0. The van der Waals surface area contributed by atoms with Crippen LogP contribution in [-0.4, -0.2) is 25.0 Å². The third-order valence-corrected chi connectivity index (χ3v) is 2.39. The standard InChI is InChI=1S/C11H25N/c1-5-7-11(3)8-10-12(4)9-6-2/h11H,5-10H2,1-4H3. The molecule has 1 atom stereocenters. The van der Waals surface area contributed by atoms with Crippen molar-refractivity contribution in [2.45, 2.75) is 46.5 Å². The minimum atomic E-state index is 0.911. The van der Waals surface area contributed by atoms with E-state index in [4.69, 9.17) is 0 Å². The molecule has 0 aromatic heterocycles. The van der Waals surface area contributed by atoms with Gasteiger partial charge < -0.3 is 4.90 Å². The van der Waals surface area contributed by atoms with Gasteiger partial charge in [0.2, 0.25) is 0 Å². The second-order valence-electron chi connectivity index (χ2n) is 3.99. The Morgan fingerprint density at radius 2 is 1.67 bits per heavy atom. The maximum atomic E-state index is 2.44. The lowest BCUT2D eigenvalue weighted by molar-refractivity contribution is 0.300. The van der Waals surface area contributed by atoms with Crippen LogP contribution in [0.2, 0.25) is 0 Å². The molecule has 0 rings (SSSR count). The van der Waals surface area contributed by atoms with Crippen molar-refractivity contribution in [3.63, 3.8) is 0 Å². The van der Waals surface area contributed by atoms with Crippen LogP contribution in [0.15, 0.2) is 0 Å². The van der Waals surface area contributed by atoms with E-state index in [2.05, 4.69) is 32.7 Å². The Bertz CT molecular complexity index is 79.0. The summed E-state index contributed by atoms with van der Waals surface area (Å²) in [5.74, 6) is 0.911. The van der Waals surface area contributed by atoms with Gasteiger partial charge in [0, 0.05) is 0 Å². The number of hydrogen-bond acceptors (Lipinski definition) is 1. The van der Waals surface area contributed by atoms with Crippen molar-refractivity contribution in [2.24, 2.45) is 5.92 Å². The first-order valence-corrected chi connectivity index (χ1v) is 5.39. The summed E-state index contributed by atoms with van der Waals surface area (Å²) in [7, 11) is 2.22.